The van der Waals surface area contributed by atoms with Crippen molar-refractivity contribution in [2.75, 3.05) is 20.1 Å². The number of hydrogen-bond acceptors (Lipinski definition) is 4. The fourth-order valence-electron chi connectivity index (χ4n) is 6.77. The maximum atomic E-state index is 14.0. The van der Waals surface area contributed by atoms with Gasteiger partial charge >= 0.3 is 5.69 Å². The molecule has 9 nitrogen and oxygen atoms in total. The Bertz CT molecular complexity index is 2040. The number of carbonyl (C=O) groups is 3. The van der Waals surface area contributed by atoms with Gasteiger partial charge in [-0.25, -0.2) is 4.79 Å². The van der Waals surface area contributed by atoms with Crippen molar-refractivity contribution in [3.8, 4) is 0 Å². The van der Waals surface area contributed by atoms with Gasteiger partial charge in [0.2, 0.25) is 5.91 Å². The Hall–Kier alpha value is -5.18. The van der Waals surface area contributed by atoms with Crippen LogP contribution in [0.4, 0.5) is 0 Å². The van der Waals surface area contributed by atoms with Crippen LogP contribution in [0, 0.1) is 0 Å². The number of imidazole rings is 1. The van der Waals surface area contributed by atoms with Gasteiger partial charge < -0.3 is 20.5 Å². The Morgan fingerprint density at radius 1 is 0.896 bits per heavy atom. The molecule has 3 N–H and O–H groups in total. The van der Waals surface area contributed by atoms with Gasteiger partial charge in [-0.05, 0) is 76.9 Å². The molecule has 0 aliphatic carbocycles. The first-order valence-electron chi connectivity index (χ1n) is 16.6. The van der Waals surface area contributed by atoms with Gasteiger partial charge in [0.25, 0.3) is 11.8 Å². The molecular formula is C39H43N5O4. The van der Waals surface area contributed by atoms with Gasteiger partial charge in [0.1, 0.15) is 0 Å². The van der Waals surface area contributed by atoms with E-state index in [0.29, 0.717) is 43.5 Å². The van der Waals surface area contributed by atoms with Crippen LogP contribution < -0.4 is 16.3 Å². The number of nitrogens with one attached hydrogen (secondary N) is 3. The lowest BCUT2D eigenvalue weighted by atomic mass is 9.84. The largest absolute Gasteiger partial charge is 0.359 e. The first-order chi connectivity index (χ1) is 23.0. The number of carbonyl (C=O) groups excluding carboxylic acids is 3. The lowest BCUT2D eigenvalue weighted by Gasteiger charge is -2.33. The van der Waals surface area contributed by atoms with E-state index in [9.17, 15) is 19.2 Å². The van der Waals surface area contributed by atoms with Crippen LogP contribution >= 0.6 is 0 Å². The zero-order valence-electron chi connectivity index (χ0n) is 28.0. The summed E-state index contributed by atoms with van der Waals surface area (Å²) in [4.78, 5) is 58.0. The monoisotopic (exact) mass is 645 g/mol. The standard InChI is InChI=1S/C39H43N5O4/c1-39(2,3)29-21-27(36(46)41-30(24-35(45)40-4)23-26-12-9-11-25-10-5-6-13-32(25)26)20-28(22-29)37(47)43-18-16-31(17-19-43)44-34-15-8-7-14-33(34)42-38(44)48/h5-15,20-22,30-31H,16-19,23-24H2,1-4H3,(H,40,45)(H,41,46)(H,42,48)/t30-/m1/s1. The summed E-state index contributed by atoms with van der Waals surface area (Å²) >= 11 is 0. The number of piperidine rings is 1. The average molecular weight is 646 g/mol. The molecule has 4 aromatic carbocycles. The summed E-state index contributed by atoms with van der Waals surface area (Å²) in [7, 11) is 1.59. The van der Waals surface area contributed by atoms with Crippen LogP contribution in [0.1, 0.15) is 77.9 Å². The number of nitrogens with zero attached hydrogens (tertiary/aromatic N) is 2. The van der Waals surface area contributed by atoms with E-state index in [-0.39, 0.29) is 41.3 Å². The summed E-state index contributed by atoms with van der Waals surface area (Å²) in [5.41, 5.74) is 3.97. The minimum atomic E-state index is -0.465. The second kappa shape index (κ2) is 13.5. The average Bonchev–Trinajstić information content (AvgIpc) is 3.43. The summed E-state index contributed by atoms with van der Waals surface area (Å²) in [5.74, 6) is -0.641. The minimum Gasteiger partial charge on any atom is -0.359 e. The molecule has 5 aromatic rings. The molecule has 2 heterocycles. The van der Waals surface area contributed by atoms with Crippen molar-refractivity contribution in [2.45, 2.75) is 64.0 Å². The van der Waals surface area contributed by atoms with E-state index in [1.807, 2.05) is 82.3 Å². The zero-order valence-corrected chi connectivity index (χ0v) is 28.0. The van der Waals surface area contributed by atoms with Gasteiger partial charge in [-0.3, -0.25) is 19.0 Å². The maximum Gasteiger partial charge on any atom is 0.326 e. The van der Waals surface area contributed by atoms with Crippen LogP contribution in [-0.2, 0) is 16.6 Å². The van der Waals surface area contributed by atoms with Crippen LogP contribution in [0.25, 0.3) is 21.8 Å². The van der Waals surface area contributed by atoms with Gasteiger partial charge in [0.15, 0.2) is 0 Å². The number of rotatable bonds is 8. The molecule has 0 spiro atoms. The summed E-state index contributed by atoms with van der Waals surface area (Å²) in [5, 5.41) is 7.98. The highest BCUT2D eigenvalue weighted by atomic mass is 16.2. The highest BCUT2D eigenvalue weighted by Gasteiger charge is 2.29. The Labute approximate surface area is 280 Å². The number of fused-ring (bicyclic) bond motifs is 2. The molecule has 1 aliphatic heterocycles. The first kappa shape index (κ1) is 32.7. The third kappa shape index (κ3) is 6.90. The van der Waals surface area contributed by atoms with Crippen LogP contribution in [0.15, 0.2) is 89.7 Å². The number of hydrogen-bond donors (Lipinski definition) is 3. The van der Waals surface area contributed by atoms with Crippen molar-refractivity contribution in [1.29, 1.82) is 0 Å². The molecule has 1 fully saturated rings. The van der Waals surface area contributed by atoms with Crippen molar-refractivity contribution in [2.24, 2.45) is 0 Å². The van der Waals surface area contributed by atoms with E-state index >= 15 is 0 Å². The molecule has 1 aromatic heterocycles. The van der Waals surface area contributed by atoms with Gasteiger partial charge in [-0.1, -0.05) is 75.4 Å². The van der Waals surface area contributed by atoms with E-state index in [1.54, 1.807) is 13.1 Å². The van der Waals surface area contributed by atoms with Crippen LogP contribution in [-0.4, -0.2) is 58.4 Å². The number of benzene rings is 4. The molecule has 1 saturated heterocycles. The molecule has 48 heavy (non-hydrogen) atoms. The number of aromatic nitrogens is 2. The number of aromatic amines is 1. The molecule has 0 saturated carbocycles. The second-order valence-electron chi connectivity index (χ2n) is 13.8. The molecule has 0 radical (unpaired) electrons. The van der Waals surface area contributed by atoms with Crippen LogP contribution in [0.5, 0.6) is 0 Å². The molecular weight excluding hydrogens is 602 g/mol. The Kier molecular flexibility index (Phi) is 9.22. The second-order valence-corrected chi connectivity index (χ2v) is 13.8. The number of para-hydroxylation sites is 2. The van der Waals surface area contributed by atoms with Crippen molar-refractivity contribution in [3.05, 3.63) is 118 Å². The van der Waals surface area contributed by atoms with E-state index in [0.717, 1.165) is 32.9 Å². The maximum absolute atomic E-state index is 14.0. The summed E-state index contributed by atoms with van der Waals surface area (Å²) in [6, 6.07) is 26.7. The van der Waals surface area contributed by atoms with Crippen molar-refractivity contribution < 1.29 is 14.4 Å². The molecule has 0 bridgehead atoms. The Morgan fingerprint density at radius 3 is 2.33 bits per heavy atom. The third-order valence-electron chi connectivity index (χ3n) is 9.44. The van der Waals surface area contributed by atoms with Crippen molar-refractivity contribution in [3.63, 3.8) is 0 Å². The fourth-order valence-corrected chi connectivity index (χ4v) is 6.77. The molecule has 0 unspecified atom stereocenters. The fraction of sp³-hybridized carbons (Fsp3) is 0.333. The Morgan fingerprint density at radius 2 is 1.58 bits per heavy atom. The highest BCUT2D eigenvalue weighted by molar-refractivity contribution is 6.00. The minimum absolute atomic E-state index is 0.0149. The lowest BCUT2D eigenvalue weighted by Crippen LogP contribution is -2.41. The summed E-state index contributed by atoms with van der Waals surface area (Å²) in [6.07, 6.45) is 1.88. The predicted octanol–water partition coefficient (Wildman–Crippen LogP) is 5.73. The predicted molar refractivity (Wildman–Crippen MR) is 189 cm³/mol. The van der Waals surface area contributed by atoms with E-state index < -0.39 is 6.04 Å². The number of amides is 3. The Balaban J connectivity index is 1.23. The normalized spacial score (nSPS) is 14.6. The molecule has 3 amide bonds. The molecule has 1 aliphatic rings. The van der Waals surface area contributed by atoms with E-state index in [4.69, 9.17) is 0 Å². The van der Waals surface area contributed by atoms with Crippen LogP contribution in [0.2, 0.25) is 0 Å². The van der Waals surface area contributed by atoms with Gasteiger partial charge in [0.05, 0.1) is 11.0 Å². The SMILES string of the molecule is CNC(=O)C[C@@H](Cc1cccc2ccccc12)NC(=O)c1cc(C(=O)N2CCC(n3c(=O)[nH]c4ccccc43)CC2)cc(C(C)(C)C)c1. The van der Waals surface area contributed by atoms with Gasteiger partial charge in [-0.15, -0.1) is 0 Å². The molecule has 1 atom stereocenters. The van der Waals surface area contributed by atoms with E-state index in [1.165, 1.54) is 0 Å². The third-order valence-corrected chi connectivity index (χ3v) is 9.44. The van der Waals surface area contributed by atoms with Gasteiger partial charge in [-0.2, -0.15) is 0 Å². The summed E-state index contributed by atoms with van der Waals surface area (Å²) < 4.78 is 1.81. The molecule has 6 rings (SSSR count). The van der Waals surface area contributed by atoms with Crippen LogP contribution in [0.3, 0.4) is 0 Å². The topological polar surface area (TPSA) is 116 Å². The van der Waals surface area contributed by atoms with Crippen molar-refractivity contribution in [1.82, 2.24) is 25.1 Å². The smallest absolute Gasteiger partial charge is 0.326 e. The molecule has 9 heteroatoms. The first-order valence-corrected chi connectivity index (χ1v) is 16.6. The number of H-pyrrole nitrogens is 1. The highest BCUT2D eigenvalue weighted by Crippen LogP contribution is 2.29. The quantitative estimate of drug-likeness (QED) is 0.200. The van der Waals surface area contributed by atoms with Crippen molar-refractivity contribution >= 4 is 39.5 Å². The lowest BCUT2D eigenvalue weighted by molar-refractivity contribution is -0.121. The summed E-state index contributed by atoms with van der Waals surface area (Å²) in [6.45, 7) is 7.15. The zero-order chi connectivity index (χ0) is 34.0. The molecule has 248 valence electrons. The van der Waals surface area contributed by atoms with Gasteiger partial charge in [0, 0.05) is 49.8 Å². The van der Waals surface area contributed by atoms with E-state index in [2.05, 4.69) is 42.5 Å². The number of likely N-dealkylation sites (tertiary alicyclic amines) is 1.